The van der Waals surface area contributed by atoms with Gasteiger partial charge in [0.15, 0.2) is 0 Å². The molecule has 0 bridgehead atoms. The molecule has 6 heteroatoms. The predicted octanol–water partition coefficient (Wildman–Crippen LogP) is 2.06. The molecule has 0 aromatic heterocycles. The Morgan fingerprint density at radius 2 is 1.86 bits per heavy atom. The molecule has 0 saturated heterocycles. The van der Waals surface area contributed by atoms with Crippen LogP contribution in [0.3, 0.4) is 0 Å². The summed E-state index contributed by atoms with van der Waals surface area (Å²) in [4.78, 5) is 0. The molecule has 0 aliphatic carbocycles. The fourth-order valence-corrected chi connectivity index (χ4v) is 1.79. The Bertz CT molecular complexity index is 390. The highest BCUT2D eigenvalue weighted by atomic mass is 79.9. The van der Waals surface area contributed by atoms with Gasteiger partial charge in [0.25, 0.3) is 0 Å². The Balaban J connectivity index is 2.59. The summed E-state index contributed by atoms with van der Waals surface area (Å²) in [7, 11) is -3.32. The van der Waals surface area contributed by atoms with E-state index in [1.54, 1.807) is 0 Å². The van der Waals surface area contributed by atoms with Gasteiger partial charge in [-0.05, 0) is 17.7 Å². The summed E-state index contributed by atoms with van der Waals surface area (Å²) in [6.07, 6.45) is 0. The second kappa shape index (κ2) is 5.11. The third-order valence-corrected chi connectivity index (χ3v) is 3.82. The van der Waals surface area contributed by atoms with Crippen LogP contribution in [0.25, 0.3) is 0 Å². The van der Waals surface area contributed by atoms with Crippen LogP contribution < -0.4 is 4.72 Å². The molecule has 1 aromatic carbocycles. The average Bonchev–Trinajstić information content (AvgIpc) is 2.17. The highest BCUT2D eigenvalue weighted by molar-refractivity contribution is 9.10. The van der Waals surface area contributed by atoms with Crippen LogP contribution in [0.15, 0.2) is 28.7 Å². The lowest BCUT2D eigenvalue weighted by atomic mass is 10.2. The zero-order valence-corrected chi connectivity index (χ0v) is 10.4. The Kier molecular flexibility index (Phi) is 4.37. The monoisotopic (exact) mass is 297 g/mol. The summed E-state index contributed by atoms with van der Waals surface area (Å²) in [6, 6.07) is 7.37. The van der Waals surface area contributed by atoms with E-state index >= 15 is 0 Å². The summed E-state index contributed by atoms with van der Waals surface area (Å²) >= 11 is 8.52. The van der Waals surface area contributed by atoms with E-state index in [0.29, 0.717) is 0 Å². The van der Waals surface area contributed by atoms with E-state index < -0.39 is 15.2 Å². The Labute approximate surface area is 96.6 Å². The van der Waals surface area contributed by atoms with E-state index in [0.717, 1.165) is 10.0 Å². The standard InChI is InChI=1S/C8H9BrClNO2S/c9-8-3-1-7(2-4-8)5-11-14(12,13)6-10/h1-4,11H,5-6H2. The number of rotatable bonds is 4. The van der Waals surface area contributed by atoms with Crippen molar-refractivity contribution < 1.29 is 8.42 Å². The highest BCUT2D eigenvalue weighted by Crippen LogP contribution is 2.10. The molecule has 0 atom stereocenters. The second-order valence-electron chi connectivity index (χ2n) is 2.67. The van der Waals surface area contributed by atoms with E-state index in [1.807, 2.05) is 24.3 Å². The van der Waals surface area contributed by atoms with Crippen molar-refractivity contribution in [2.24, 2.45) is 0 Å². The van der Waals surface area contributed by atoms with E-state index in [-0.39, 0.29) is 6.54 Å². The van der Waals surface area contributed by atoms with Gasteiger partial charge < -0.3 is 0 Å². The lowest BCUT2D eigenvalue weighted by Crippen LogP contribution is -2.23. The first-order valence-corrected chi connectivity index (χ1v) is 6.79. The molecule has 0 unspecified atom stereocenters. The number of sulfonamides is 1. The van der Waals surface area contributed by atoms with Gasteiger partial charge in [0.2, 0.25) is 10.0 Å². The third kappa shape index (κ3) is 3.96. The number of hydrogen-bond acceptors (Lipinski definition) is 2. The molecular weight excluding hydrogens is 290 g/mol. The molecule has 0 radical (unpaired) electrons. The fourth-order valence-electron chi connectivity index (χ4n) is 0.834. The molecule has 1 rings (SSSR count). The number of nitrogens with one attached hydrogen (secondary N) is 1. The van der Waals surface area contributed by atoms with Crippen molar-refractivity contribution in [3.63, 3.8) is 0 Å². The van der Waals surface area contributed by atoms with Gasteiger partial charge in [-0.2, -0.15) is 0 Å². The molecule has 0 heterocycles. The zero-order chi connectivity index (χ0) is 10.6. The molecule has 3 nitrogen and oxygen atoms in total. The Morgan fingerprint density at radius 1 is 1.29 bits per heavy atom. The Hall–Kier alpha value is -0.100. The molecule has 14 heavy (non-hydrogen) atoms. The molecule has 0 fully saturated rings. The molecule has 78 valence electrons. The molecular formula is C8H9BrClNO2S. The lowest BCUT2D eigenvalue weighted by Gasteiger charge is -2.03. The van der Waals surface area contributed by atoms with Crippen molar-refractivity contribution in [1.29, 1.82) is 0 Å². The molecule has 1 aromatic rings. The van der Waals surface area contributed by atoms with E-state index in [9.17, 15) is 8.42 Å². The zero-order valence-electron chi connectivity index (χ0n) is 7.20. The van der Waals surface area contributed by atoms with Crippen LogP contribution in [-0.2, 0) is 16.6 Å². The summed E-state index contributed by atoms with van der Waals surface area (Å²) in [6.45, 7) is 0.266. The summed E-state index contributed by atoms with van der Waals surface area (Å²) in [5, 5.41) is -0.413. The minimum Gasteiger partial charge on any atom is -0.211 e. The summed E-state index contributed by atoms with van der Waals surface area (Å²) in [5.74, 6) is 0. The van der Waals surface area contributed by atoms with Gasteiger partial charge >= 0.3 is 0 Å². The molecule has 0 aliphatic rings. The van der Waals surface area contributed by atoms with Gasteiger partial charge in [-0.1, -0.05) is 28.1 Å². The van der Waals surface area contributed by atoms with Crippen LogP contribution in [0, 0.1) is 0 Å². The maximum Gasteiger partial charge on any atom is 0.225 e. The van der Waals surface area contributed by atoms with Crippen molar-refractivity contribution in [3.8, 4) is 0 Å². The normalized spacial score (nSPS) is 11.6. The summed E-state index contributed by atoms with van der Waals surface area (Å²) in [5.41, 5.74) is 0.891. The van der Waals surface area contributed by atoms with Gasteiger partial charge in [0, 0.05) is 11.0 Å². The first-order chi connectivity index (χ1) is 6.53. The van der Waals surface area contributed by atoms with Crippen molar-refractivity contribution in [3.05, 3.63) is 34.3 Å². The minimum atomic E-state index is -3.32. The van der Waals surface area contributed by atoms with Crippen LogP contribution in [0.4, 0.5) is 0 Å². The molecule has 0 aliphatic heterocycles. The van der Waals surface area contributed by atoms with Gasteiger partial charge in [-0.15, -0.1) is 11.6 Å². The summed E-state index contributed by atoms with van der Waals surface area (Å²) < 4.78 is 25.3. The van der Waals surface area contributed by atoms with Crippen molar-refractivity contribution in [2.75, 3.05) is 5.21 Å². The largest absolute Gasteiger partial charge is 0.225 e. The number of benzene rings is 1. The second-order valence-corrected chi connectivity index (χ2v) is 5.98. The topological polar surface area (TPSA) is 46.2 Å². The van der Waals surface area contributed by atoms with Crippen molar-refractivity contribution >= 4 is 37.6 Å². The predicted molar refractivity (Wildman–Crippen MR) is 60.6 cm³/mol. The third-order valence-electron chi connectivity index (χ3n) is 1.55. The van der Waals surface area contributed by atoms with Crippen LogP contribution in [-0.4, -0.2) is 13.6 Å². The quantitative estimate of drug-likeness (QED) is 0.865. The lowest BCUT2D eigenvalue weighted by molar-refractivity contribution is 0.586. The van der Waals surface area contributed by atoms with Crippen LogP contribution in [0.1, 0.15) is 5.56 Å². The van der Waals surface area contributed by atoms with E-state index in [2.05, 4.69) is 20.7 Å². The van der Waals surface area contributed by atoms with Crippen LogP contribution in [0.5, 0.6) is 0 Å². The SMILES string of the molecule is O=S(=O)(CCl)NCc1ccc(Br)cc1. The fraction of sp³-hybridized carbons (Fsp3) is 0.250. The minimum absolute atomic E-state index is 0.266. The van der Waals surface area contributed by atoms with Crippen LogP contribution in [0.2, 0.25) is 0 Å². The van der Waals surface area contributed by atoms with Gasteiger partial charge in [0.05, 0.1) is 0 Å². The van der Waals surface area contributed by atoms with Gasteiger partial charge in [0.1, 0.15) is 5.21 Å². The maximum absolute atomic E-state index is 11.0. The van der Waals surface area contributed by atoms with Crippen LogP contribution >= 0.6 is 27.5 Å². The van der Waals surface area contributed by atoms with E-state index in [1.165, 1.54) is 0 Å². The number of alkyl halides is 1. The van der Waals surface area contributed by atoms with Gasteiger partial charge in [-0.3, -0.25) is 0 Å². The maximum atomic E-state index is 11.0. The smallest absolute Gasteiger partial charge is 0.211 e. The van der Waals surface area contributed by atoms with Gasteiger partial charge in [-0.25, -0.2) is 13.1 Å². The first kappa shape index (κ1) is 12.0. The van der Waals surface area contributed by atoms with Crippen molar-refractivity contribution in [1.82, 2.24) is 4.72 Å². The van der Waals surface area contributed by atoms with E-state index in [4.69, 9.17) is 11.6 Å². The first-order valence-electron chi connectivity index (χ1n) is 3.81. The number of hydrogen-bond donors (Lipinski definition) is 1. The molecule has 0 saturated carbocycles. The highest BCUT2D eigenvalue weighted by Gasteiger charge is 2.06. The molecule has 0 amide bonds. The average molecular weight is 299 g/mol. The Morgan fingerprint density at radius 3 is 2.36 bits per heavy atom. The number of halogens is 2. The molecule has 0 spiro atoms. The molecule has 1 N–H and O–H groups in total. The van der Waals surface area contributed by atoms with Crippen molar-refractivity contribution in [2.45, 2.75) is 6.54 Å².